The highest BCUT2D eigenvalue weighted by Crippen LogP contribution is 2.37. The minimum absolute atomic E-state index is 0.0156. The maximum Gasteiger partial charge on any atom is 0.231 e. The van der Waals surface area contributed by atoms with E-state index < -0.39 is 0 Å². The van der Waals surface area contributed by atoms with Gasteiger partial charge in [0, 0.05) is 5.56 Å². The first-order valence-corrected chi connectivity index (χ1v) is 5.92. The van der Waals surface area contributed by atoms with E-state index in [1.54, 1.807) is 0 Å². The Balaban J connectivity index is 2.16. The van der Waals surface area contributed by atoms with Crippen molar-refractivity contribution in [3.63, 3.8) is 0 Å². The van der Waals surface area contributed by atoms with Gasteiger partial charge in [0.25, 0.3) is 0 Å². The first-order chi connectivity index (χ1) is 8.75. The summed E-state index contributed by atoms with van der Waals surface area (Å²) in [7, 11) is 0. The number of ether oxygens (including phenoxy) is 1. The molecule has 0 saturated heterocycles. The number of amides is 1. The molecule has 1 aliphatic rings. The van der Waals surface area contributed by atoms with Gasteiger partial charge >= 0.3 is 0 Å². The zero-order valence-corrected chi connectivity index (χ0v) is 10.0. The molecular formula is C15H13NO2. The molecule has 18 heavy (non-hydrogen) atoms. The van der Waals surface area contributed by atoms with Gasteiger partial charge in [0.15, 0.2) is 5.75 Å². The Morgan fingerprint density at radius 2 is 1.67 bits per heavy atom. The van der Waals surface area contributed by atoms with Crippen molar-refractivity contribution in [1.82, 2.24) is 0 Å². The van der Waals surface area contributed by atoms with E-state index in [1.807, 2.05) is 55.5 Å². The lowest BCUT2D eigenvalue weighted by molar-refractivity contribution is -0.117. The summed E-state index contributed by atoms with van der Waals surface area (Å²) in [4.78, 5) is 12.1. The predicted molar refractivity (Wildman–Crippen MR) is 70.0 cm³/mol. The third-order valence-corrected chi connectivity index (χ3v) is 3.14. The van der Waals surface area contributed by atoms with Gasteiger partial charge < -0.3 is 10.1 Å². The zero-order chi connectivity index (χ0) is 12.5. The fourth-order valence-corrected chi connectivity index (χ4v) is 2.09. The average molecular weight is 239 g/mol. The fraction of sp³-hybridized carbons (Fsp3) is 0.133. The first kappa shape index (κ1) is 10.8. The van der Waals surface area contributed by atoms with Gasteiger partial charge in [0.05, 0.1) is 11.6 Å². The normalized spacial score (nSPS) is 17.6. The molecule has 0 spiro atoms. The summed E-state index contributed by atoms with van der Waals surface area (Å²) >= 11 is 0. The number of hydrogen-bond acceptors (Lipinski definition) is 2. The van der Waals surface area contributed by atoms with Crippen LogP contribution in [0.1, 0.15) is 18.4 Å². The van der Waals surface area contributed by atoms with Crippen LogP contribution in [-0.2, 0) is 4.79 Å². The van der Waals surface area contributed by atoms with Crippen LogP contribution < -0.4 is 10.1 Å². The van der Waals surface area contributed by atoms with Crippen LogP contribution >= 0.6 is 0 Å². The van der Waals surface area contributed by atoms with Crippen LogP contribution in [-0.4, -0.2) is 5.91 Å². The maximum atomic E-state index is 12.1. The molecular weight excluding hydrogens is 226 g/mol. The lowest BCUT2D eigenvalue weighted by atomic mass is 9.98. The van der Waals surface area contributed by atoms with Crippen LogP contribution in [0.5, 0.6) is 11.5 Å². The maximum absolute atomic E-state index is 12.1. The fourth-order valence-electron chi connectivity index (χ4n) is 2.09. The molecule has 90 valence electrons. The van der Waals surface area contributed by atoms with E-state index in [0.717, 1.165) is 11.3 Å². The molecule has 1 aliphatic heterocycles. The summed E-state index contributed by atoms with van der Waals surface area (Å²) in [6.45, 7) is 1.88. The van der Waals surface area contributed by atoms with Crippen molar-refractivity contribution in [3.8, 4) is 11.5 Å². The van der Waals surface area contributed by atoms with Gasteiger partial charge in [0.2, 0.25) is 5.91 Å². The van der Waals surface area contributed by atoms with E-state index in [4.69, 9.17) is 4.74 Å². The van der Waals surface area contributed by atoms with Gasteiger partial charge in [-0.05, 0) is 25.1 Å². The van der Waals surface area contributed by atoms with Crippen molar-refractivity contribution in [1.29, 1.82) is 0 Å². The molecule has 1 atom stereocenters. The van der Waals surface area contributed by atoms with Crippen molar-refractivity contribution < 1.29 is 9.53 Å². The number of benzene rings is 2. The van der Waals surface area contributed by atoms with Crippen molar-refractivity contribution in [2.75, 3.05) is 5.32 Å². The van der Waals surface area contributed by atoms with Crippen LogP contribution in [0.15, 0.2) is 48.5 Å². The van der Waals surface area contributed by atoms with Crippen molar-refractivity contribution in [2.24, 2.45) is 0 Å². The number of carbonyl (C=O) groups is 1. The SMILES string of the molecule is CC1C(=O)Nc2ccccc2Oc2ccccc21. The van der Waals surface area contributed by atoms with E-state index >= 15 is 0 Å². The standard InChI is InChI=1S/C15H13NO2/c1-10-11-6-2-4-8-13(11)18-14-9-5-3-7-12(14)16-15(10)17/h2-10H,1H3,(H,16,17). The van der Waals surface area contributed by atoms with E-state index in [9.17, 15) is 4.79 Å². The minimum Gasteiger partial charge on any atom is -0.455 e. The van der Waals surface area contributed by atoms with Gasteiger partial charge in [-0.2, -0.15) is 0 Å². The van der Waals surface area contributed by atoms with Crippen molar-refractivity contribution >= 4 is 11.6 Å². The highest BCUT2D eigenvalue weighted by molar-refractivity contribution is 5.97. The van der Waals surface area contributed by atoms with Gasteiger partial charge in [0.1, 0.15) is 5.75 Å². The number of carbonyl (C=O) groups excluding carboxylic acids is 1. The molecule has 0 fully saturated rings. The number of hydrogen-bond donors (Lipinski definition) is 1. The van der Waals surface area contributed by atoms with E-state index in [2.05, 4.69) is 5.32 Å². The van der Waals surface area contributed by atoms with Gasteiger partial charge in [-0.3, -0.25) is 4.79 Å². The molecule has 0 radical (unpaired) electrons. The van der Waals surface area contributed by atoms with Gasteiger partial charge in [-0.25, -0.2) is 0 Å². The second kappa shape index (κ2) is 4.18. The Kier molecular flexibility index (Phi) is 2.52. The van der Waals surface area contributed by atoms with E-state index in [1.165, 1.54) is 0 Å². The Morgan fingerprint density at radius 1 is 1.00 bits per heavy atom. The highest BCUT2D eigenvalue weighted by Gasteiger charge is 2.23. The second-order valence-corrected chi connectivity index (χ2v) is 4.35. The lowest BCUT2D eigenvalue weighted by Crippen LogP contribution is -2.21. The molecule has 1 unspecified atom stereocenters. The topological polar surface area (TPSA) is 38.3 Å². The third-order valence-electron chi connectivity index (χ3n) is 3.14. The number of nitrogens with one attached hydrogen (secondary N) is 1. The van der Waals surface area contributed by atoms with Crippen LogP contribution in [0.3, 0.4) is 0 Å². The summed E-state index contributed by atoms with van der Waals surface area (Å²) in [5, 5.41) is 2.89. The summed E-state index contributed by atoms with van der Waals surface area (Å²) in [5.74, 6) is 1.17. The smallest absolute Gasteiger partial charge is 0.231 e. The Morgan fingerprint density at radius 3 is 2.50 bits per heavy atom. The van der Waals surface area contributed by atoms with Gasteiger partial charge in [-0.15, -0.1) is 0 Å². The molecule has 2 aromatic carbocycles. The molecule has 0 saturated carbocycles. The molecule has 0 aromatic heterocycles. The molecule has 1 N–H and O–H groups in total. The minimum atomic E-state index is -0.227. The van der Waals surface area contributed by atoms with E-state index in [-0.39, 0.29) is 11.8 Å². The molecule has 3 heteroatoms. The summed E-state index contributed by atoms with van der Waals surface area (Å²) in [6.07, 6.45) is 0. The van der Waals surface area contributed by atoms with E-state index in [0.29, 0.717) is 11.4 Å². The molecule has 0 aliphatic carbocycles. The van der Waals surface area contributed by atoms with Crippen LogP contribution in [0.25, 0.3) is 0 Å². The van der Waals surface area contributed by atoms with Gasteiger partial charge in [-0.1, -0.05) is 30.3 Å². The first-order valence-electron chi connectivity index (χ1n) is 5.92. The molecule has 1 amide bonds. The Labute approximate surface area is 105 Å². The largest absolute Gasteiger partial charge is 0.455 e. The molecule has 3 nitrogen and oxygen atoms in total. The number of fused-ring (bicyclic) bond motifs is 2. The molecule has 1 heterocycles. The molecule has 0 bridgehead atoms. The van der Waals surface area contributed by atoms with Crippen LogP contribution in [0.2, 0.25) is 0 Å². The number of para-hydroxylation sites is 3. The third kappa shape index (κ3) is 1.74. The predicted octanol–water partition coefficient (Wildman–Crippen LogP) is 3.53. The molecule has 3 rings (SSSR count). The van der Waals surface area contributed by atoms with Crippen molar-refractivity contribution in [2.45, 2.75) is 12.8 Å². The second-order valence-electron chi connectivity index (χ2n) is 4.35. The number of rotatable bonds is 0. The van der Waals surface area contributed by atoms with Crippen LogP contribution in [0.4, 0.5) is 5.69 Å². The molecule has 2 aromatic rings. The lowest BCUT2D eigenvalue weighted by Gasteiger charge is -2.22. The highest BCUT2D eigenvalue weighted by atomic mass is 16.5. The Hall–Kier alpha value is -2.29. The number of anilines is 1. The summed E-state index contributed by atoms with van der Waals surface area (Å²) in [5.41, 5.74) is 1.62. The monoisotopic (exact) mass is 239 g/mol. The summed E-state index contributed by atoms with van der Waals surface area (Å²) < 4.78 is 5.89. The summed E-state index contributed by atoms with van der Waals surface area (Å²) in [6, 6.07) is 15.1. The average Bonchev–Trinajstić information content (AvgIpc) is 2.39. The van der Waals surface area contributed by atoms with Crippen LogP contribution in [0, 0.1) is 0 Å². The zero-order valence-electron chi connectivity index (χ0n) is 10.0. The van der Waals surface area contributed by atoms with Crippen molar-refractivity contribution in [3.05, 3.63) is 54.1 Å². The Bertz CT molecular complexity index is 607. The quantitative estimate of drug-likeness (QED) is 0.763.